The van der Waals surface area contributed by atoms with E-state index in [-0.39, 0.29) is 10.6 Å². The van der Waals surface area contributed by atoms with E-state index in [2.05, 4.69) is 15.5 Å². The Kier molecular flexibility index (Phi) is 5.05. The predicted octanol–water partition coefficient (Wildman–Crippen LogP) is 1.41. The van der Waals surface area contributed by atoms with E-state index in [0.717, 1.165) is 17.5 Å². The quantitative estimate of drug-likeness (QED) is 0.516. The molecule has 8 nitrogen and oxygen atoms in total. The van der Waals surface area contributed by atoms with E-state index in [1.165, 1.54) is 24.3 Å². The van der Waals surface area contributed by atoms with Crippen molar-refractivity contribution < 1.29 is 13.2 Å². The smallest absolute Gasteiger partial charge is 0.271 e. The minimum atomic E-state index is -3.78. The number of benzene rings is 2. The van der Waals surface area contributed by atoms with Crippen molar-refractivity contribution in [2.45, 2.75) is 30.7 Å². The zero-order chi connectivity index (χ0) is 20.5. The number of sulfonamides is 1. The maximum absolute atomic E-state index is 12.1. The van der Waals surface area contributed by atoms with Crippen molar-refractivity contribution in [3.05, 3.63) is 59.7 Å². The minimum absolute atomic E-state index is 0.00394. The van der Waals surface area contributed by atoms with Crippen molar-refractivity contribution in [1.29, 1.82) is 0 Å². The Morgan fingerprint density at radius 2 is 1.79 bits per heavy atom. The minimum Gasteiger partial charge on any atom is -0.364 e. The Labute approximate surface area is 163 Å². The van der Waals surface area contributed by atoms with Gasteiger partial charge in [0.1, 0.15) is 0 Å². The van der Waals surface area contributed by atoms with E-state index >= 15 is 0 Å². The first-order chi connectivity index (χ1) is 13.1. The molecule has 1 heterocycles. The van der Waals surface area contributed by atoms with Crippen LogP contribution >= 0.6 is 0 Å². The average Bonchev–Trinajstić information content (AvgIpc) is 2.60. The van der Waals surface area contributed by atoms with Crippen LogP contribution in [-0.4, -0.2) is 31.3 Å². The highest BCUT2D eigenvalue weighted by molar-refractivity contribution is 7.89. The van der Waals surface area contributed by atoms with Gasteiger partial charge in [-0.15, -0.1) is 0 Å². The average molecular weight is 399 g/mol. The molecule has 0 radical (unpaired) electrons. The number of nitrogens with one attached hydrogen (secondary N) is 1. The Hall–Kier alpha value is -3.04. The Bertz CT molecular complexity index is 1090. The number of nitrogens with zero attached hydrogens (tertiary/aromatic N) is 2. The molecule has 0 spiro atoms. The van der Waals surface area contributed by atoms with Crippen LogP contribution in [0, 0.1) is 0 Å². The SMILES string of the molecule is CC1(C)Cc2ccccc2C(/C(=N/Nc2ccc(S(N)(=O)=O)cc2)C(N)=O)=N1. The van der Waals surface area contributed by atoms with E-state index in [0.29, 0.717) is 11.4 Å². The highest BCUT2D eigenvalue weighted by Crippen LogP contribution is 2.27. The molecule has 146 valence electrons. The molecule has 0 saturated heterocycles. The second-order valence-electron chi connectivity index (χ2n) is 7.11. The summed E-state index contributed by atoms with van der Waals surface area (Å²) >= 11 is 0. The van der Waals surface area contributed by atoms with Gasteiger partial charge in [0.05, 0.1) is 21.8 Å². The predicted molar refractivity (Wildman–Crippen MR) is 109 cm³/mol. The van der Waals surface area contributed by atoms with Crippen LogP contribution < -0.4 is 16.3 Å². The summed E-state index contributed by atoms with van der Waals surface area (Å²) in [6.45, 7) is 3.95. The molecule has 1 aliphatic rings. The number of primary sulfonamides is 1. The number of carbonyl (C=O) groups is 1. The largest absolute Gasteiger partial charge is 0.364 e. The van der Waals surface area contributed by atoms with Gasteiger partial charge >= 0.3 is 0 Å². The Morgan fingerprint density at radius 1 is 1.14 bits per heavy atom. The van der Waals surface area contributed by atoms with E-state index in [1.807, 2.05) is 38.1 Å². The van der Waals surface area contributed by atoms with Gasteiger partial charge in [0, 0.05) is 5.56 Å². The number of amides is 1. The van der Waals surface area contributed by atoms with E-state index in [9.17, 15) is 13.2 Å². The molecule has 0 saturated carbocycles. The lowest BCUT2D eigenvalue weighted by molar-refractivity contribution is -0.111. The molecule has 9 heteroatoms. The molecule has 0 unspecified atom stereocenters. The molecule has 0 atom stereocenters. The van der Waals surface area contributed by atoms with Crippen molar-refractivity contribution in [2.75, 3.05) is 5.43 Å². The highest BCUT2D eigenvalue weighted by atomic mass is 32.2. The number of fused-ring (bicyclic) bond motifs is 1. The first-order valence-electron chi connectivity index (χ1n) is 8.52. The molecular formula is C19H21N5O3S. The first-order valence-corrected chi connectivity index (χ1v) is 10.1. The molecule has 3 rings (SSSR count). The molecular weight excluding hydrogens is 378 g/mol. The maximum Gasteiger partial charge on any atom is 0.271 e. The summed E-state index contributed by atoms with van der Waals surface area (Å²) in [5, 5.41) is 9.24. The summed E-state index contributed by atoms with van der Waals surface area (Å²) in [4.78, 5) is 16.8. The second-order valence-corrected chi connectivity index (χ2v) is 8.67. The van der Waals surface area contributed by atoms with Gasteiger partial charge in [-0.3, -0.25) is 15.2 Å². The molecule has 0 aliphatic carbocycles. The molecule has 5 N–H and O–H groups in total. The van der Waals surface area contributed by atoms with E-state index < -0.39 is 21.5 Å². The van der Waals surface area contributed by atoms with Crippen LogP contribution in [0.3, 0.4) is 0 Å². The lowest BCUT2D eigenvalue weighted by Gasteiger charge is -2.28. The normalized spacial score (nSPS) is 16.1. The summed E-state index contributed by atoms with van der Waals surface area (Å²) in [6.07, 6.45) is 0.737. The molecule has 1 aliphatic heterocycles. The topological polar surface area (TPSA) is 140 Å². The van der Waals surface area contributed by atoms with Gasteiger partial charge < -0.3 is 5.73 Å². The van der Waals surface area contributed by atoms with Crippen LogP contribution in [0.25, 0.3) is 0 Å². The van der Waals surface area contributed by atoms with Crippen LogP contribution in [0.4, 0.5) is 5.69 Å². The van der Waals surface area contributed by atoms with Crippen LogP contribution in [-0.2, 0) is 21.2 Å². The third kappa shape index (κ3) is 4.26. The molecule has 0 bridgehead atoms. The number of anilines is 1. The number of hydrogen-bond donors (Lipinski definition) is 3. The second kappa shape index (κ2) is 7.17. The number of nitrogens with two attached hydrogens (primary N) is 2. The van der Waals surface area contributed by atoms with Crippen molar-refractivity contribution in [3.63, 3.8) is 0 Å². The zero-order valence-electron chi connectivity index (χ0n) is 15.5. The van der Waals surface area contributed by atoms with Crippen molar-refractivity contribution in [1.82, 2.24) is 0 Å². The van der Waals surface area contributed by atoms with Crippen molar-refractivity contribution >= 4 is 33.0 Å². The van der Waals surface area contributed by atoms with Crippen LogP contribution in [0.5, 0.6) is 0 Å². The van der Waals surface area contributed by atoms with Crippen molar-refractivity contribution in [2.24, 2.45) is 21.0 Å². The third-order valence-electron chi connectivity index (χ3n) is 4.25. The van der Waals surface area contributed by atoms with Gasteiger partial charge in [-0.25, -0.2) is 13.6 Å². The van der Waals surface area contributed by atoms with Gasteiger partial charge in [0.2, 0.25) is 10.0 Å². The lowest BCUT2D eigenvalue weighted by Crippen LogP contribution is -2.38. The summed E-state index contributed by atoms with van der Waals surface area (Å²) in [5.74, 6) is -0.722. The fourth-order valence-corrected chi connectivity index (χ4v) is 3.53. The summed E-state index contributed by atoms with van der Waals surface area (Å²) in [7, 11) is -3.78. The van der Waals surface area contributed by atoms with Gasteiger partial charge in [-0.1, -0.05) is 24.3 Å². The van der Waals surface area contributed by atoms with Gasteiger partial charge in [-0.2, -0.15) is 5.10 Å². The molecule has 2 aromatic rings. The first kappa shape index (κ1) is 19.7. The summed E-state index contributed by atoms with van der Waals surface area (Å²) in [5.41, 5.74) is 10.7. The fourth-order valence-electron chi connectivity index (χ4n) is 3.02. The Balaban J connectivity index is 1.97. The van der Waals surface area contributed by atoms with Gasteiger partial charge in [0.15, 0.2) is 5.71 Å². The molecule has 1 amide bonds. The van der Waals surface area contributed by atoms with Gasteiger partial charge in [0.25, 0.3) is 5.91 Å². The third-order valence-corrected chi connectivity index (χ3v) is 5.18. The maximum atomic E-state index is 12.1. The number of aliphatic imine (C=N–C) groups is 1. The number of hydrogen-bond acceptors (Lipinski definition) is 6. The monoisotopic (exact) mass is 399 g/mol. The molecule has 2 aromatic carbocycles. The molecule has 0 aromatic heterocycles. The summed E-state index contributed by atoms with van der Waals surface area (Å²) in [6, 6.07) is 13.3. The standard InChI is InChI=1S/C19H21N5O3S/c1-19(2)11-12-5-3-4-6-15(12)16(22-19)17(18(20)25)24-23-13-7-9-14(10-8-13)28(21,26)27/h3-10,23H,11H2,1-2H3,(H2,20,25)(H2,21,26,27)/b24-17-. The van der Waals surface area contributed by atoms with Gasteiger partial charge in [-0.05, 0) is 50.1 Å². The number of primary amides is 1. The highest BCUT2D eigenvalue weighted by Gasteiger charge is 2.30. The fraction of sp³-hybridized carbons (Fsp3) is 0.211. The van der Waals surface area contributed by atoms with Crippen LogP contribution in [0.2, 0.25) is 0 Å². The number of rotatable bonds is 5. The van der Waals surface area contributed by atoms with E-state index in [4.69, 9.17) is 10.9 Å². The molecule has 0 fully saturated rings. The number of carbonyl (C=O) groups excluding carboxylic acids is 1. The van der Waals surface area contributed by atoms with Crippen LogP contribution in [0.15, 0.2) is 63.5 Å². The Morgan fingerprint density at radius 3 is 2.39 bits per heavy atom. The molecule has 28 heavy (non-hydrogen) atoms. The number of hydrazone groups is 1. The van der Waals surface area contributed by atoms with E-state index in [1.54, 1.807) is 0 Å². The lowest BCUT2D eigenvalue weighted by atomic mass is 9.85. The summed E-state index contributed by atoms with van der Waals surface area (Å²) < 4.78 is 22.7. The van der Waals surface area contributed by atoms with Crippen molar-refractivity contribution in [3.8, 4) is 0 Å². The zero-order valence-corrected chi connectivity index (χ0v) is 16.3. The van der Waals surface area contributed by atoms with Crippen LogP contribution in [0.1, 0.15) is 25.0 Å².